The van der Waals surface area contributed by atoms with Gasteiger partial charge in [-0.25, -0.2) is 0 Å². The van der Waals surface area contributed by atoms with Gasteiger partial charge in [0.25, 0.3) is 0 Å². The molecule has 25 heavy (non-hydrogen) atoms. The Balaban J connectivity index is 1.54. The molecular formula is C18H19NO5S. The van der Waals surface area contributed by atoms with Crippen LogP contribution in [0.4, 0.5) is 0 Å². The smallest absolute Gasteiger partial charge is 0.244 e. The normalized spacial score (nSPS) is 14.0. The van der Waals surface area contributed by atoms with Crippen molar-refractivity contribution >= 4 is 23.3 Å². The zero-order chi connectivity index (χ0) is 17.5. The van der Waals surface area contributed by atoms with Crippen LogP contribution in [0.5, 0.6) is 11.5 Å². The summed E-state index contributed by atoms with van der Waals surface area (Å²) in [4.78, 5) is 12.0. The number of aliphatic hydroxyl groups excluding tert-OH is 1. The van der Waals surface area contributed by atoms with Crippen LogP contribution in [0.15, 0.2) is 41.1 Å². The lowest BCUT2D eigenvalue weighted by Gasteiger charge is -2.16. The van der Waals surface area contributed by atoms with Crippen LogP contribution in [0.3, 0.4) is 0 Å². The molecule has 1 atom stereocenters. The molecule has 1 aliphatic heterocycles. The van der Waals surface area contributed by atoms with Gasteiger partial charge in [-0.15, -0.1) is 0 Å². The SMILES string of the molecule is O=C(/C=C/c1ccc2c(c1)OCO2)NCC(OCCO)c1ccsc1. The predicted octanol–water partition coefficient (Wildman–Crippen LogP) is 2.36. The van der Waals surface area contributed by atoms with Crippen molar-refractivity contribution in [3.8, 4) is 11.5 Å². The van der Waals surface area contributed by atoms with Gasteiger partial charge in [0.1, 0.15) is 6.10 Å². The van der Waals surface area contributed by atoms with Crippen LogP contribution in [0.2, 0.25) is 0 Å². The number of aliphatic hydroxyl groups is 1. The molecule has 0 spiro atoms. The first-order valence-corrected chi connectivity index (χ1v) is 8.80. The van der Waals surface area contributed by atoms with E-state index in [9.17, 15) is 4.79 Å². The van der Waals surface area contributed by atoms with Crippen molar-refractivity contribution in [1.29, 1.82) is 0 Å². The summed E-state index contributed by atoms with van der Waals surface area (Å²) in [5, 5.41) is 15.7. The summed E-state index contributed by atoms with van der Waals surface area (Å²) in [6.45, 7) is 0.726. The van der Waals surface area contributed by atoms with Gasteiger partial charge in [-0.1, -0.05) is 6.07 Å². The third kappa shape index (κ3) is 4.82. The van der Waals surface area contributed by atoms with E-state index in [0.29, 0.717) is 18.0 Å². The summed E-state index contributed by atoms with van der Waals surface area (Å²) in [6.07, 6.45) is 2.90. The summed E-state index contributed by atoms with van der Waals surface area (Å²) >= 11 is 1.56. The highest BCUT2D eigenvalue weighted by molar-refractivity contribution is 7.07. The molecule has 2 N–H and O–H groups in total. The fourth-order valence-electron chi connectivity index (χ4n) is 2.37. The van der Waals surface area contributed by atoms with Crippen molar-refractivity contribution in [2.75, 3.05) is 26.6 Å². The number of thiophene rings is 1. The lowest BCUT2D eigenvalue weighted by molar-refractivity contribution is -0.117. The van der Waals surface area contributed by atoms with Crippen molar-refractivity contribution in [2.24, 2.45) is 0 Å². The number of ether oxygens (including phenoxy) is 3. The molecule has 1 unspecified atom stereocenters. The number of hydrogen-bond acceptors (Lipinski definition) is 6. The molecule has 2 aromatic rings. The minimum absolute atomic E-state index is 0.0569. The molecular weight excluding hydrogens is 342 g/mol. The zero-order valence-corrected chi connectivity index (χ0v) is 14.3. The average molecular weight is 361 g/mol. The quantitative estimate of drug-likeness (QED) is 0.706. The van der Waals surface area contributed by atoms with Crippen molar-refractivity contribution in [1.82, 2.24) is 5.32 Å². The third-order valence-electron chi connectivity index (χ3n) is 3.61. The first-order valence-electron chi connectivity index (χ1n) is 7.86. The van der Waals surface area contributed by atoms with Gasteiger partial charge in [-0.2, -0.15) is 11.3 Å². The molecule has 0 aliphatic carbocycles. The Bertz CT molecular complexity index is 729. The molecule has 0 bridgehead atoms. The summed E-state index contributed by atoms with van der Waals surface area (Å²) in [5.74, 6) is 1.17. The molecule has 1 aromatic carbocycles. The van der Waals surface area contributed by atoms with E-state index in [1.165, 1.54) is 6.08 Å². The van der Waals surface area contributed by atoms with E-state index in [1.54, 1.807) is 17.4 Å². The average Bonchev–Trinajstić information content (AvgIpc) is 3.31. The Morgan fingerprint density at radius 2 is 2.24 bits per heavy atom. The Morgan fingerprint density at radius 1 is 1.36 bits per heavy atom. The summed E-state index contributed by atoms with van der Waals surface area (Å²) in [7, 11) is 0. The highest BCUT2D eigenvalue weighted by atomic mass is 32.1. The Morgan fingerprint density at radius 3 is 3.04 bits per heavy atom. The second kappa shape index (κ2) is 8.66. The number of benzene rings is 1. The molecule has 0 radical (unpaired) electrons. The van der Waals surface area contributed by atoms with Crippen LogP contribution in [0.1, 0.15) is 17.2 Å². The molecule has 1 aromatic heterocycles. The van der Waals surface area contributed by atoms with E-state index in [-0.39, 0.29) is 32.0 Å². The molecule has 1 amide bonds. The van der Waals surface area contributed by atoms with Gasteiger partial charge in [0.2, 0.25) is 12.7 Å². The maximum atomic E-state index is 12.0. The maximum absolute atomic E-state index is 12.0. The number of amides is 1. The van der Waals surface area contributed by atoms with Crippen LogP contribution in [-0.4, -0.2) is 37.6 Å². The molecule has 132 valence electrons. The van der Waals surface area contributed by atoms with Crippen LogP contribution in [0, 0.1) is 0 Å². The molecule has 2 heterocycles. The van der Waals surface area contributed by atoms with E-state index in [0.717, 1.165) is 11.1 Å². The van der Waals surface area contributed by atoms with Gasteiger partial charge in [0.15, 0.2) is 11.5 Å². The van der Waals surface area contributed by atoms with Gasteiger partial charge in [0.05, 0.1) is 13.2 Å². The highest BCUT2D eigenvalue weighted by Gasteiger charge is 2.14. The lowest BCUT2D eigenvalue weighted by atomic mass is 10.2. The minimum Gasteiger partial charge on any atom is -0.454 e. The summed E-state index contributed by atoms with van der Waals surface area (Å²) in [5.41, 5.74) is 1.84. The molecule has 0 fully saturated rings. The van der Waals surface area contributed by atoms with Crippen molar-refractivity contribution < 1.29 is 24.1 Å². The van der Waals surface area contributed by atoms with E-state index < -0.39 is 0 Å². The fraction of sp³-hybridized carbons (Fsp3) is 0.278. The molecule has 3 rings (SSSR count). The highest BCUT2D eigenvalue weighted by Crippen LogP contribution is 2.32. The zero-order valence-electron chi connectivity index (χ0n) is 13.5. The number of fused-ring (bicyclic) bond motifs is 1. The predicted molar refractivity (Wildman–Crippen MR) is 94.7 cm³/mol. The van der Waals surface area contributed by atoms with Crippen LogP contribution < -0.4 is 14.8 Å². The Kier molecular flexibility index (Phi) is 6.05. The van der Waals surface area contributed by atoms with Gasteiger partial charge < -0.3 is 24.6 Å². The molecule has 7 heteroatoms. The van der Waals surface area contributed by atoms with Gasteiger partial charge in [0, 0.05) is 12.6 Å². The van der Waals surface area contributed by atoms with Crippen molar-refractivity contribution in [3.63, 3.8) is 0 Å². The first kappa shape index (κ1) is 17.5. The Hall–Kier alpha value is -2.35. The number of carbonyl (C=O) groups is 1. The van der Waals surface area contributed by atoms with Crippen LogP contribution in [-0.2, 0) is 9.53 Å². The second-order valence-corrected chi connectivity index (χ2v) is 6.11. The standard InChI is InChI=1S/C18H19NO5S/c20-6-7-22-17(14-5-8-25-11-14)10-19-18(21)4-2-13-1-3-15-16(9-13)24-12-23-15/h1-5,8-9,11,17,20H,6-7,10,12H2,(H,19,21)/b4-2+. The first-order chi connectivity index (χ1) is 12.3. The van der Waals surface area contributed by atoms with E-state index in [2.05, 4.69) is 5.32 Å². The molecule has 6 nitrogen and oxygen atoms in total. The van der Waals surface area contributed by atoms with Crippen LogP contribution >= 0.6 is 11.3 Å². The number of rotatable bonds is 8. The molecule has 1 aliphatic rings. The molecule has 0 saturated heterocycles. The monoisotopic (exact) mass is 361 g/mol. The fourth-order valence-corrected chi connectivity index (χ4v) is 3.07. The molecule has 0 saturated carbocycles. The third-order valence-corrected chi connectivity index (χ3v) is 4.31. The summed E-state index contributed by atoms with van der Waals surface area (Å²) in [6, 6.07) is 7.44. The topological polar surface area (TPSA) is 77.0 Å². The van der Waals surface area contributed by atoms with Gasteiger partial charge in [-0.05, 0) is 46.2 Å². The van der Waals surface area contributed by atoms with Crippen molar-refractivity contribution in [2.45, 2.75) is 6.10 Å². The largest absolute Gasteiger partial charge is 0.454 e. The second-order valence-electron chi connectivity index (χ2n) is 5.33. The van der Waals surface area contributed by atoms with E-state index in [4.69, 9.17) is 19.3 Å². The van der Waals surface area contributed by atoms with E-state index in [1.807, 2.05) is 35.0 Å². The maximum Gasteiger partial charge on any atom is 0.244 e. The van der Waals surface area contributed by atoms with E-state index >= 15 is 0 Å². The Labute approximate surface area is 149 Å². The van der Waals surface area contributed by atoms with Crippen LogP contribution in [0.25, 0.3) is 6.08 Å². The minimum atomic E-state index is -0.277. The number of hydrogen-bond donors (Lipinski definition) is 2. The van der Waals surface area contributed by atoms with Crippen molar-refractivity contribution in [3.05, 3.63) is 52.2 Å². The lowest BCUT2D eigenvalue weighted by Crippen LogP contribution is -2.28. The summed E-state index contributed by atoms with van der Waals surface area (Å²) < 4.78 is 16.2. The van der Waals surface area contributed by atoms with Gasteiger partial charge in [-0.3, -0.25) is 4.79 Å². The number of nitrogens with one attached hydrogen (secondary N) is 1. The van der Waals surface area contributed by atoms with Gasteiger partial charge >= 0.3 is 0 Å². The number of carbonyl (C=O) groups excluding carboxylic acids is 1.